The standard InChI is InChI=1S/C23H23NO2/c24-23(25)21-15-6-4-11-19(21)13-8-14-20-12-5-7-16-22(20)26-17-18-9-2-1-3-10-18/h1-7,9-12,15-16H,8,13-14,17H2,(H2,24,25). The number of para-hydroxylation sites is 1. The van der Waals surface area contributed by atoms with E-state index >= 15 is 0 Å². The lowest BCUT2D eigenvalue weighted by molar-refractivity contribution is 0.0999. The van der Waals surface area contributed by atoms with Crippen molar-refractivity contribution in [1.29, 1.82) is 0 Å². The van der Waals surface area contributed by atoms with Crippen LogP contribution < -0.4 is 10.5 Å². The lowest BCUT2D eigenvalue weighted by Gasteiger charge is -2.12. The molecule has 0 saturated carbocycles. The van der Waals surface area contributed by atoms with Gasteiger partial charge in [0.05, 0.1) is 0 Å². The summed E-state index contributed by atoms with van der Waals surface area (Å²) in [5.41, 5.74) is 9.40. The predicted molar refractivity (Wildman–Crippen MR) is 104 cm³/mol. The van der Waals surface area contributed by atoms with Crippen molar-refractivity contribution >= 4 is 5.91 Å². The first-order chi connectivity index (χ1) is 12.7. The van der Waals surface area contributed by atoms with Crippen LogP contribution in [0.3, 0.4) is 0 Å². The van der Waals surface area contributed by atoms with Crippen molar-refractivity contribution < 1.29 is 9.53 Å². The smallest absolute Gasteiger partial charge is 0.248 e. The van der Waals surface area contributed by atoms with Gasteiger partial charge in [-0.25, -0.2) is 0 Å². The maximum Gasteiger partial charge on any atom is 0.248 e. The maximum atomic E-state index is 11.5. The van der Waals surface area contributed by atoms with E-state index < -0.39 is 0 Å². The molecule has 0 fully saturated rings. The van der Waals surface area contributed by atoms with Gasteiger partial charge in [-0.2, -0.15) is 0 Å². The van der Waals surface area contributed by atoms with Gasteiger partial charge in [0, 0.05) is 5.56 Å². The van der Waals surface area contributed by atoms with Gasteiger partial charge in [0.2, 0.25) is 5.91 Å². The third-order valence-corrected chi connectivity index (χ3v) is 4.38. The molecule has 0 atom stereocenters. The minimum absolute atomic E-state index is 0.368. The topological polar surface area (TPSA) is 52.3 Å². The van der Waals surface area contributed by atoms with Crippen LogP contribution in [0.4, 0.5) is 0 Å². The largest absolute Gasteiger partial charge is 0.489 e. The summed E-state index contributed by atoms with van der Waals surface area (Å²) in [5.74, 6) is 0.548. The molecular formula is C23H23NO2. The molecule has 3 rings (SSSR count). The third-order valence-electron chi connectivity index (χ3n) is 4.38. The number of carbonyl (C=O) groups excluding carboxylic acids is 1. The minimum atomic E-state index is -0.368. The molecule has 0 aliphatic heterocycles. The number of rotatable bonds is 8. The van der Waals surface area contributed by atoms with Crippen LogP contribution in [0.25, 0.3) is 0 Å². The van der Waals surface area contributed by atoms with Crippen molar-refractivity contribution in [2.45, 2.75) is 25.9 Å². The van der Waals surface area contributed by atoms with E-state index in [0.29, 0.717) is 12.2 Å². The predicted octanol–water partition coefficient (Wildman–Crippen LogP) is 4.54. The molecule has 1 amide bonds. The zero-order valence-corrected chi connectivity index (χ0v) is 14.7. The summed E-state index contributed by atoms with van der Waals surface area (Å²) in [6, 6.07) is 25.8. The van der Waals surface area contributed by atoms with Gasteiger partial charge in [-0.3, -0.25) is 4.79 Å². The fraction of sp³-hybridized carbons (Fsp3) is 0.174. The molecule has 3 heteroatoms. The van der Waals surface area contributed by atoms with E-state index in [1.807, 2.05) is 54.6 Å². The molecule has 3 nitrogen and oxygen atoms in total. The van der Waals surface area contributed by atoms with E-state index in [4.69, 9.17) is 10.5 Å². The number of benzene rings is 3. The van der Waals surface area contributed by atoms with Crippen molar-refractivity contribution in [2.75, 3.05) is 0 Å². The first-order valence-electron chi connectivity index (χ1n) is 8.86. The Morgan fingerprint density at radius 1 is 0.769 bits per heavy atom. The van der Waals surface area contributed by atoms with Gasteiger partial charge in [0.1, 0.15) is 12.4 Å². The van der Waals surface area contributed by atoms with Crippen LogP contribution in [0.2, 0.25) is 0 Å². The van der Waals surface area contributed by atoms with Crippen LogP contribution >= 0.6 is 0 Å². The van der Waals surface area contributed by atoms with Gasteiger partial charge in [-0.1, -0.05) is 66.7 Å². The summed E-state index contributed by atoms with van der Waals surface area (Å²) in [7, 11) is 0. The molecule has 26 heavy (non-hydrogen) atoms. The molecule has 0 saturated heterocycles. The molecule has 132 valence electrons. The van der Waals surface area contributed by atoms with Crippen LogP contribution in [0.1, 0.15) is 33.5 Å². The number of hydrogen-bond donors (Lipinski definition) is 1. The molecule has 0 spiro atoms. The second kappa shape index (κ2) is 8.86. The van der Waals surface area contributed by atoms with Crippen LogP contribution in [0, 0.1) is 0 Å². The summed E-state index contributed by atoms with van der Waals surface area (Å²) < 4.78 is 6.01. The van der Waals surface area contributed by atoms with Crippen LogP contribution in [0.5, 0.6) is 5.75 Å². The lowest BCUT2D eigenvalue weighted by atomic mass is 9.99. The van der Waals surface area contributed by atoms with Gasteiger partial charge in [0.25, 0.3) is 0 Å². The zero-order chi connectivity index (χ0) is 18.2. The highest BCUT2D eigenvalue weighted by Crippen LogP contribution is 2.22. The monoisotopic (exact) mass is 345 g/mol. The number of primary amides is 1. The average molecular weight is 345 g/mol. The summed E-state index contributed by atoms with van der Waals surface area (Å²) in [5, 5.41) is 0. The van der Waals surface area contributed by atoms with Gasteiger partial charge in [0.15, 0.2) is 0 Å². The number of aryl methyl sites for hydroxylation is 2. The second-order valence-corrected chi connectivity index (χ2v) is 6.26. The SMILES string of the molecule is NC(=O)c1ccccc1CCCc1ccccc1OCc1ccccc1. The Hall–Kier alpha value is -3.07. The Morgan fingerprint density at radius 3 is 2.15 bits per heavy atom. The first kappa shape index (κ1) is 17.7. The van der Waals surface area contributed by atoms with Crippen molar-refractivity contribution in [3.8, 4) is 5.75 Å². The van der Waals surface area contributed by atoms with Crippen molar-refractivity contribution in [1.82, 2.24) is 0 Å². The Kier molecular flexibility index (Phi) is 6.05. The van der Waals surface area contributed by atoms with E-state index in [-0.39, 0.29) is 5.91 Å². The van der Waals surface area contributed by atoms with E-state index in [1.54, 1.807) is 6.07 Å². The van der Waals surface area contributed by atoms with Gasteiger partial charge in [-0.05, 0) is 48.1 Å². The second-order valence-electron chi connectivity index (χ2n) is 6.26. The van der Waals surface area contributed by atoms with Gasteiger partial charge < -0.3 is 10.5 Å². The highest BCUT2D eigenvalue weighted by atomic mass is 16.5. The number of amides is 1. The van der Waals surface area contributed by atoms with Crippen molar-refractivity contribution in [3.63, 3.8) is 0 Å². The molecule has 3 aromatic rings. The zero-order valence-electron chi connectivity index (χ0n) is 14.7. The highest BCUT2D eigenvalue weighted by molar-refractivity contribution is 5.94. The molecule has 0 aromatic heterocycles. The molecule has 0 unspecified atom stereocenters. The average Bonchev–Trinajstić information content (AvgIpc) is 2.68. The summed E-state index contributed by atoms with van der Waals surface area (Å²) in [6.45, 7) is 0.558. The molecule has 0 aliphatic rings. The fourth-order valence-corrected chi connectivity index (χ4v) is 3.03. The van der Waals surface area contributed by atoms with Crippen LogP contribution in [-0.2, 0) is 19.4 Å². The molecule has 2 N–H and O–H groups in total. The molecule has 3 aromatic carbocycles. The number of nitrogens with two attached hydrogens (primary N) is 1. The van der Waals surface area contributed by atoms with E-state index in [0.717, 1.165) is 36.1 Å². The molecule has 0 bridgehead atoms. The minimum Gasteiger partial charge on any atom is -0.489 e. The molecule has 0 radical (unpaired) electrons. The third kappa shape index (κ3) is 4.73. The normalized spacial score (nSPS) is 10.5. The molecule has 0 heterocycles. The number of hydrogen-bond acceptors (Lipinski definition) is 2. The summed E-state index contributed by atoms with van der Waals surface area (Å²) >= 11 is 0. The van der Waals surface area contributed by atoms with Crippen molar-refractivity contribution in [3.05, 3.63) is 101 Å². The molecule has 0 aliphatic carbocycles. The number of carbonyl (C=O) groups is 1. The lowest BCUT2D eigenvalue weighted by Crippen LogP contribution is -2.13. The number of ether oxygens (including phenoxy) is 1. The van der Waals surface area contributed by atoms with Crippen LogP contribution in [0.15, 0.2) is 78.9 Å². The van der Waals surface area contributed by atoms with Crippen LogP contribution in [-0.4, -0.2) is 5.91 Å². The summed E-state index contributed by atoms with van der Waals surface area (Å²) in [4.78, 5) is 11.5. The maximum absolute atomic E-state index is 11.5. The van der Waals surface area contributed by atoms with E-state index in [1.165, 1.54) is 5.56 Å². The Morgan fingerprint density at radius 2 is 1.38 bits per heavy atom. The van der Waals surface area contributed by atoms with Gasteiger partial charge >= 0.3 is 0 Å². The fourth-order valence-electron chi connectivity index (χ4n) is 3.03. The van der Waals surface area contributed by atoms with Gasteiger partial charge in [-0.15, -0.1) is 0 Å². The molecular weight excluding hydrogens is 322 g/mol. The highest BCUT2D eigenvalue weighted by Gasteiger charge is 2.08. The first-order valence-corrected chi connectivity index (χ1v) is 8.86. The van der Waals surface area contributed by atoms with Crippen molar-refractivity contribution in [2.24, 2.45) is 5.73 Å². The Balaban J connectivity index is 1.61. The Labute approximate surface area is 154 Å². The Bertz CT molecular complexity index is 859. The van der Waals surface area contributed by atoms with E-state index in [9.17, 15) is 4.79 Å². The van der Waals surface area contributed by atoms with E-state index in [2.05, 4.69) is 18.2 Å². The quantitative estimate of drug-likeness (QED) is 0.651. The summed E-state index contributed by atoms with van der Waals surface area (Å²) in [6.07, 6.45) is 2.63.